The molecule has 1 rings (SSSR count). The first kappa shape index (κ1) is 16.4. The molecule has 7 nitrogen and oxygen atoms in total. The summed E-state index contributed by atoms with van der Waals surface area (Å²) in [6.07, 6.45) is 0. The molecule has 0 heterocycles. The van der Waals surface area contributed by atoms with Gasteiger partial charge in [0, 0.05) is 13.6 Å². The Bertz CT molecular complexity index is 494. The van der Waals surface area contributed by atoms with Crippen LogP contribution in [-0.2, 0) is 16.9 Å². The number of hydrogen-bond acceptors (Lipinski definition) is 3. The maximum absolute atomic E-state index is 8.74. The third-order valence-electron chi connectivity index (χ3n) is 1.91. The summed E-state index contributed by atoms with van der Waals surface area (Å²) >= 11 is 0. The lowest BCUT2D eigenvalue weighted by Gasteiger charge is -2.16. The third kappa shape index (κ3) is 9.58. The van der Waals surface area contributed by atoms with Crippen LogP contribution in [-0.4, -0.2) is 35.4 Å². The van der Waals surface area contributed by atoms with Gasteiger partial charge >= 0.3 is 10.4 Å². The van der Waals surface area contributed by atoms with Crippen molar-refractivity contribution >= 4 is 16.4 Å². The number of aryl methyl sites for hydroxylation is 1. The average Bonchev–Trinajstić information content (AvgIpc) is 2.14. The summed E-state index contributed by atoms with van der Waals surface area (Å²) in [5.74, 6) is 0.0986. The number of nitrogens with zero attached hydrogens (tertiary/aromatic N) is 1. The predicted molar refractivity (Wildman–Crippen MR) is 68.7 cm³/mol. The van der Waals surface area contributed by atoms with Crippen molar-refractivity contribution in [1.82, 2.24) is 4.90 Å². The summed E-state index contributed by atoms with van der Waals surface area (Å²) in [5, 5.41) is 7.21. The van der Waals surface area contributed by atoms with Gasteiger partial charge in [-0.15, -0.1) is 0 Å². The van der Waals surface area contributed by atoms with Gasteiger partial charge < -0.3 is 10.6 Å². The van der Waals surface area contributed by atoms with Crippen molar-refractivity contribution < 1.29 is 17.5 Å². The lowest BCUT2D eigenvalue weighted by Crippen LogP contribution is -2.32. The molecule has 0 unspecified atom stereocenters. The van der Waals surface area contributed by atoms with E-state index in [4.69, 9.17) is 28.7 Å². The Morgan fingerprint density at radius 2 is 1.94 bits per heavy atom. The molecular formula is C10H17N3O4S. The summed E-state index contributed by atoms with van der Waals surface area (Å²) in [6.45, 7) is 2.74. The first-order valence-electron chi connectivity index (χ1n) is 4.90. The van der Waals surface area contributed by atoms with Crippen molar-refractivity contribution in [3.8, 4) is 0 Å². The predicted octanol–water partition coefficient (Wildman–Crippen LogP) is 0.667. The Balaban J connectivity index is 0.000000494. The highest BCUT2D eigenvalue weighted by atomic mass is 32.3. The molecule has 1 aromatic carbocycles. The molecule has 8 heteroatoms. The second-order valence-corrected chi connectivity index (χ2v) is 4.57. The highest BCUT2D eigenvalue weighted by Crippen LogP contribution is 2.05. The largest absolute Gasteiger partial charge is 0.394 e. The van der Waals surface area contributed by atoms with E-state index >= 15 is 0 Å². The number of rotatable bonds is 2. The Labute approximate surface area is 106 Å². The molecule has 0 amide bonds. The van der Waals surface area contributed by atoms with Gasteiger partial charge in [0.05, 0.1) is 0 Å². The van der Waals surface area contributed by atoms with Crippen LogP contribution >= 0.6 is 0 Å². The summed E-state index contributed by atoms with van der Waals surface area (Å²) in [7, 11) is -2.86. The highest BCUT2D eigenvalue weighted by Gasteiger charge is 2.00. The van der Waals surface area contributed by atoms with Crippen LogP contribution in [0.2, 0.25) is 0 Å². The smallest absolute Gasteiger partial charge is 0.370 e. The zero-order valence-electron chi connectivity index (χ0n) is 10.2. The number of guanidine groups is 1. The first-order valence-corrected chi connectivity index (χ1v) is 6.30. The average molecular weight is 275 g/mol. The van der Waals surface area contributed by atoms with Crippen molar-refractivity contribution in [3.05, 3.63) is 35.4 Å². The van der Waals surface area contributed by atoms with Crippen LogP contribution < -0.4 is 5.73 Å². The molecule has 18 heavy (non-hydrogen) atoms. The van der Waals surface area contributed by atoms with Crippen molar-refractivity contribution in [2.75, 3.05) is 7.05 Å². The minimum Gasteiger partial charge on any atom is -0.370 e. The van der Waals surface area contributed by atoms with Gasteiger partial charge in [-0.05, 0) is 12.5 Å². The molecule has 0 aliphatic heterocycles. The second-order valence-electron chi connectivity index (χ2n) is 3.68. The number of benzene rings is 1. The van der Waals surface area contributed by atoms with Crippen LogP contribution in [0.25, 0.3) is 0 Å². The van der Waals surface area contributed by atoms with E-state index in [1.807, 2.05) is 19.2 Å². The Morgan fingerprint density at radius 1 is 1.44 bits per heavy atom. The van der Waals surface area contributed by atoms with Gasteiger partial charge in [0.1, 0.15) is 0 Å². The maximum atomic E-state index is 8.74. The SMILES string of the molecule is Cc1cccc(CN(C)C(=N)N)c1.O=S(=O)(O)O. The van der Waals surface area contributed by atoms with Crippen LogP contribution in [0.15, 0.2) is 24.3 Å². The molecule has 1 aromatic rings. The molecule has 0 radical (unpaired) electrons. The lowest BCUT2D eigenvalue weighted by molar-refractivity contribution is 0.381. The molecule has 5 N–H and O–H groups in total. The van der Waals surface area contributed by atoms with E-state index in [0.717, 1.165) is 0 Å². The minimum absolute atomic E-state index is 0.0986. The van der Waals surface area contributed by atoms with Gasteiger partial charge in [-0.3, -0.25) is 14.5 Å². The van der Waals surface area contributed by atoms with Crippen molar-refractivity contribution in [1.29, 1.82) is 5.41 Å². The first-order chi connectivity index (χ1) is 8.09. The molecular weight excluding hydrogens is 258 g/mol. The second kappa shape index (κ2) is 6.94. The van der Waals surface area contributed by atoms with Gasteiger partial charge in [0.15, 0.2) is 5.96 Å². The number of hydrogen-bond donors (Lipinski definition) is 4. The third-order valence-corrected chi connectivity index (χ3v) is 1.91. The van der Waals surface area contributed by atoms with E-state index in [-0.39, 0.29) is 5.96 Å². The number of nitrogens with one attached hydrogen (secondary N) is 1. The maximum Gasteiger partial charge on any atom is 0.394 e. The molecule has 0 aromatic heterocycles. The molecule has 0 atom stereocenters. The standard InChI is InChI=1S/C10H15N3.H2O4S/c1-8-4-3-5-9(6-8)7-13(2)10(11)12;1-5(2,3)4/h3-6H,7H2,1-2H3,(H3,11,12);(H2,1,2,3,4). The Kier molecular flexibility index (Phi) is 6.31. The van der Waals surface area contributed by atoms with Crippen LogP contribution in [0, 0.1) is 12.3 Å². The molecule has 0 aliphatic rings. The van der Waals surface area contributed by atoms with Crippen LogP contribution in [0.5, 0.6) is 0 Å². The summed E-state index contributed by atoms with van der Waals surface area (Å²) in [5.41, 5.74) is 7.74. The van der Waals surface area contributed by atoms with Crippen LogP contribution in [0.3, 0.4) is 0 Å². The summed E-state index contributed by atoms with van der Waals surface area (Å²) in [4.78, 5) is 1.70. The normalized spacial score (nSPS) is 10.2. The van der Waals surface area contributed by atoms with E-state index in [1.54, 1.807) is 4.90 Å². The molecule has 0 spiro atoms. The van der Waals surface area contributed by atoms with Crippen LogP contribution in [0.4, 0.5) is 0 Å². The fourth-order valence-electron chi connectivity index (χ4n) is 1.17. The zero-order chi connectivity index (χ0) is 14.3. The van der Waals surface area contributed by atoms with E-state index in [1.165, 1.54) is 11.1 Å². The van der Waals surface area contributed by atoms with E-state index in [0.29, 0.717) is 6.54 Å². The monoisotopic (exact) mass is 275 g/mol. The molecule has 102 valence electrons. The van der Waals surface area contributed by atoms with E-state index < -0.39 is 10.4 Å². The quantitative estimate of drug-likeness (QED) is 0.357. The molecule has 0 bridgehead atoms. The van der Waals surface area contributed by atoms with Crippen LogP contribution in [0.1, 0.15) is 11.1 Å². The van der Waals surface area contributed by atoms with Gasteiger partial charge in [0.25, 0.3) is 0 Å². The van der Waals surface area contributed by atoms with Gasteiger partial charge in [-0.2, -0.15) is 8.42 Å². The molecule has 0 saturated heterocycles. The van der Waals surface area contributed by atoms with Gasteiger partial charge in [-0.1, -0.05) is 29.8 Å². The fourth-order valence-corrected chi connectivity index (χ4v) is 1.17. The van der Waals surface area contributed by atoms with Crippen molar-refractivity contribution in [2.45, 2.75) is 13.5 Å². The topological polar surface area (TPSA) is 128 Å². The Hall–Kier alpha value is -1.64. The Morgan fingerprint density at radius 3 is 2.33 bits per heavy atom. The lowest BCUT2D eigenvalue weighted by atomic mass is 10.1. The van der Waals surface area contributed by atoms with Crippen molar-refractivity contribution in [3.63, 3.8) is 0 Å². The van der Waals surface area contributed by atoms with E-state index in [9.17, 15) is 0 Å². The summed E-state index contributed by atoms with van der Waals surface area (Å²) < 4.78 is 31.6. The number of nitrogens with two attached hydrogens (primary N) is 1. The highest BCUT2D eigenvalue weighted by molar-refractivity contribution is 7.79. The van der Waals surface area contributed by atoms with Gasteiger partial charge in [-0.25, -0.2) is 0 Å². The van der Waals surface area contributed by atoms with Gasteiger partial charge in [0.2, 0.25) is 0 Å². The summed E-state index contributed by atoms with van der Waals surface area (Å²) in [6, 6.07) is 8.20. The van der Waals surface area contributed by atoms with E-state index in [2.05, 4.69) is 19.1 Å². The minimum atomic E-state index is -4.67. The fraction of sp³-hybridized carbons (Fsp3) is 0.300. The molecule has 0 fully saturated rings. The molecule has 0 saturated carbocycles. The molecule has 0 aliphatic carbocycles. The van der Waals surface area contributed by atoms with Crippen molar-refractivity contribution in [2.24, 2.45) is 5.73 Å². The zero-order valence-corrected chi connectivity index (χ0v) is 11.0.